The van der Waals surface area contributed by atoms with Gasteiger partial charge in [-0.15, -0.1) is 11.3 Å². The van der Waals surface area contributed by atoms with E-state index in [4.69, 9.17) is 0 Å². The number of anilines is 3. The van der Waals surface area contributed by atoms with Crippen LogP contribution in [-0.2, 0) is 0 Å². The third-order valence-corrected chi connectivity index (χ3v) is 3.77. The van der Waals surface area contributed by atoms with Crippen molar-refractivity contribution >= 4 is 33.8 Å². The lowest BCUT2D eigenvalue weighted by atomic mass is 10.3. The highest BCUT2D eigenvalue weighted by Gasteiger charge is 2.18. The summed E-state index contributed by atoms with van der Waals surface area (Å²) < 4.78 is 26.1. The van der Waals surface area contributed by atoms with Crippen LogP contribution in [0.25, 0.3) is 0 Å². The van der Waals surface area contributed by atoms with E-state index < -0.39 is 17.5 Å². The normalized spacial score (nSPS) is 10.5. The van der Waals surface area contributed by atoms with Gasteiger partial charge in [0.05, 0.1) is 29.3 Å². The predicted octanol–water partition coefficient (Wildman–Crippen LogP) is 3.52. The van der Waals surface area contributed by atoms with E-state index in [1.165, 1.54) is 35.7 Å². The molecule has 122 valence electrons. The number of carbonyl (C=O) groups is 1. The summed E-state index contributed by atoms with van der Waals surface area (Å²) in [5, 5.41) is 6.55. The lowest BCUT2D eigenvalue weighted by molar-refractivity contribution is 0.102. The lowest BCUT2D eigenvalue weighted by Crippen LogP contribution is -2.15. The lowest BCUT2D eigenvalue weighted by Gasteiger charge is -2.06. The molecule has 0 aliphatic rings. The first-order chi connectivity index (χ1) is 11.5. The van der Waals surface area contributed by atoms with Crippen LogP contribution in [0.1, 0.15) is 15.5 Å². The third kappa shape index (κ3) is 3.69. The third-order valence-electron chi connectivity index (χ3n) is 2.88. The largest absolute Gasteiger partial charge is 0.344 e. The van der Waals surface area contributed by atoms with Crippen molar-refractivity contribution in [2.75, 3.05) is 10.6 Å². The van der Waals surface area contributed by atoms with E-state index in [9.17, 15) is 13.6 Å². The first kappa shape index (κ1) is 15.9. The van der Waals surface area contributed by atoms with E-state index in [0.29, 0.717) is 15.7 Å². The first-order valence-electron chi connectivity index (χ1n) is 6.79. The average Bonchev–Trinajstić information content (AvgIpc) is 2.90. The van der Waals surface area contributed by atoms with Gasteiger partial charge in [-0.3, -0.25) is 9.78 Å². The van der Waals surface area contributed by atoms with Crippen LogP contribution >= 0.6 is 11.3 Å². The molecular formula is C15H11F2N5OS. The fraction of sp³-hybridized carbons (Fsp3) is 0.0667. The Hall–Kier alpha value is -2.94. The molecule has 0 saturated carbocycles. The van der Waals surface area contributed by atoms with Crippen LogP contribution in [0.5, 0.6) is 0 Å². The number of hydrogen-bond donors (Lipinski definition) is 2. The van der Waals surface area contributed by atoms with Crippen LogP contribution in [0.4, 0.5) is 25.3 Å². The van der Waals surface area contributed by atoms with Crippen molar-refractivity contribution < 1.29 is 13.6 Å². The van der Waals surface area contributed by atoms with Crippen molar-refractivity contribution in [3.8, 4) is 0 Å². The topological polar surface area (TPSA) is 79.8 Å². The summed E-state index contributed by atoms with van der Waals surface area (Å²) in [4.78, 5) is 24.0. The Kier molecular flexibility index (Phi) is 4.43. The summed E-state index contributed by atoms with van der Waals surface area (Å²) in [6.45, 7) is 1.74. The standard InChI is InChI=1S/C15H11F2N5OS/c1-8-20-13(14(23)22-12-3-2-9(16)6-19-12)15(24-8)21-11-4-10(17)5-18-7-11/h2-7,21H,1H3,(H,19,22,23). The van der Waals surface area contributed by atoms with Crippen molar-refractivity contribution in [2.45, 2.75) is 6.92 Å². The summed E-state index contributed by atoms with van der Waals surface area (Å²) in [5.74, 6) is -1.31. The minimum atomic E-state index is -0.509. The predicted molar refractivity (Wildman–Crippen MR) is 86.5 cm³/mol. The molecule has 0 spiro atoms. The second-order valence-corrected chi connectivity index (χ2v) is 5.95. The number of amides is 1. The average molecular weight is 347 g/mol. The van der Waals surface area contributed by atoms with E-state index in [0.717, 1.165) is 12.4 Å². The summed E-state index contributed by atoms with van der Waals surface area (Å²) in [5.41, 5.74) is 0.528. The zero-order valence-corrected chi connectivity index (χ0v) is 13.2. The van der Waals surface area contributed by atoms with Gasteiger partial charge in [-0.1, -0.05) is 0 Å². The fourth-order valence-electron chi connectivity index (χ4n) is 1.90. The van der Waals surface area contributed by atoms with Crippen LogP contribution in [-0.4, -0.2) is 20.9 Å². The molecule has 3 aromatic rings. The molecule has 3 aromatic heterocycles. The Morgan fingerprint density at radius 2 is 2.00 bits per heavy atom. The highest BCUT2D eigenvalue weighted by Crippen LogP contribution is 2.28. The molecule has 0 atom stereocenters. The smallest absolute Gasteiger partial charge is 0.278 e. The van der Waals surface area contributed by atoms with Crippen LogP contribution in [0.2, 0.25) is 0 Å². The Morgan fingerprint density at radius 1 is 1.17 bits per heavy atom. The molecule has 0 aromatic carbocycles. The summed E-state index contributed by atoms with van der Waals surface area (Å²) in [6, 6.07) is 3.79. The molecular weight excluding hydrogens is 336 g/mol. The van der Waals surface area contributed by atoms with Crippen molar-refractivity contribution in [3.05, 3.63) is 59.1 Å². The number of nitrogens with zero attached hydrogens (tertiary/aromatic N) is 3. The van der Waals surface area contributed by atoms with Crippen LogP contribution < -0.4 is 10.6 Å². The van der Waals surface area contributed by atoms with E-state index in [1.807, 2.05) is 0 Å². The number of carbonyl (C=O) groups excluding carboxylic acids is 1. The SMILES string of the molecule is Cc1nc(C(=O)Nc2ccc(F)cn2)c(Nc2cncc(F)c2)s1. The number of aryl methyl sites for hydroxylation is 1. The van der Waals surface area contributed by atoms with E-state index in [2.05, 4.69) is 25.6 Å². The second-order valence-electron chi connectivity index (χ2n) is 4.74. The molecule has 24 heavy (non-hydrogen) atoms. The van der Waals surface area contributed by atoms with Crippen LogP contribution in [0.15, 0.2) is 36.8 Å². The van der Waals surface area contributed by atoms with Gasteiger partial charge in [0.1, 0.15) is 22.5 Å². The first-order valence-corrected chi connectivity index (χ1v) is 7.61. The van der Waals surface area contributed by atoms with Gasteiger partial charge in [0.15, 0.2) is 5.69 Å². The maximum Gasteiger partial charge on any atom is 0.278 e. The Balaban J connectivity index is 1.82. The summed E-state index contributed by atoms with van der Waals surface area (Å²) >= 11 is 1.24. The number of hydrogen-bond acceptors (Lipinski definition) is 6. The van der Waals surface area contributed by atoms with E-state index in [-0.39, 0.29) is 11.5 Å². The van der Waals surface area contributed by atoms with Gasteiger partial charge in [0.25, 0.3) is 5.91 Å². The summed E-state index contributed by atoms with van der Waals surface area (Å²) in [6.07, 6.45) is 3.51. The van der Waals surface area contributed by atoms with Crippen molar-refractivity contribution in [3.63, 3.8) is 0 Å². The quantitative estimate of drug-likeness (QED) is 0.755. The van der Waals surface area contributed by atoms with Gasteiger partial charge < -0.3 is 10.6 Å². The molecule has 9 heteroatoms. The molecule has 2 N–H and O–H groups in total. The number of thiazole rings is 1. The molecule has 0 bridgehead atoms. The fourth-order valence-corrected chi connectivity index (χ4v) is 2.74. The molecule has 0 unspecified atom stereocenters. The number of rotatable bonds is 4. The number of nitrogens with one attached hydrogen (secondary N) is 2. The zero-order valence-electron chi connectivity index (χ0n) is 12.4. The molecule has 6 nitrogen and oxygen atoms in total. The monoisotopic (exact) mass is 347 g/mol. The van der Waals surface area contributed by atoms with E-state index >= 15 is 0 Å². The van der Waals surface area contributed by atoms with Gasteiger partial charge in [0.2, 0.25) is 0 Å². The Bertz CT molecular complexity index is 882. The molecule has 3 heterocycles. The summed E-state index contributed by atoms with van der Waals surface area (Å²) in [7, 11) is 0. The van der Waals surface area contributed by atoms with Gasteiger partial charge in [-0.05, 0) is 19.1 Å². The van der Waals surface area contributed by atoms with Crippen LogP contribution in [0, 0.1) is 18.6 Å². The van der Waals surface area contributed by atoms with Crippen molar-refractivity contribution in [1.82, 2.24) is 15.0 Å². The van der Waals surface area contributed by atoms with Gasteiger partial charge in [-0.25, -0.2) is 18.7 Å². The van der Waals surface area contributed by atoms with Gasteiger partial charge >= 0.3 is 0 Å². The zero-order chi connectivity index (χ0) is 17.1. The van der Waals surface area contributed by atoms with Gasteiger partial charge in [-0.2, -0.15) is 0 Å². The van der Waals surface area contributed by atoms with Crippen molar-refractivity contribution in [2.24, 2.45) is 0 Å². The minimum Gasteiger partial charge on any atom is -0.344 e. The van der Waals surface area contributed by atoms with Crippen molar-refractivity contribution in [1.29, 1.82) is 0 Å². The number of halogens is 2. The molecule has 1 amide bonds. The molecule has 0 radical (unpaired) electrons. The Morgan fingerprint density at radius 3 is 2.71 bits per heavy atom. The maximum atomic E-state index is 13.2. The number of pyridine rings is 2. The Labute approximate surface area is 139 Å². The van der Waals surface area contributed by atoms with E-state index in [1.54, 1.807) is 6.92 Å². The molecule has 3 rings (SSSR count). The molecule has 0 aliphatic heterocycles. The molecule has 0 saturated heterocycles. The van der Waals surface area contributed by atoms with Crippen LogP contribution in [0.3, 0.4) is 0 Å². The maximum absolute atomic E-state index is 13.2. The number of aromatic nitrogens is 3. The highest BCUT2D eigenvalue weighted by molar-refractivity contribution is 7.16. The molecule has 0 aliphatic carbocycles. The highest BCUT2D eigenvalue weighted by atomic mass is 32.1. The second kappa shape index (κ2) is 6.67. The van der Waals surface area contributed by atoms with Gasteiger partial charge in [0, 0.05) is 6.07 Å². The molecule has 0 fully saturated rings. The minimum absolute atomic E-state index is 0.132.